The van der Waals surface area contributed by atoms with Gasteiger partial charge in [-0.05, 0) is 30.4 Å². The van der Waals surface area contributed by atoms with Crippen molar-refractivity contribution in [3.63, 3.8) is 0 Å². The molecule has 1 aromatic carbocycles. The lowest BCUT2D eigenvalue weighted by atomic mass is 9.95. The molecule has 0 radical (unpaired) electrons. The fourth-order valence-corrected chi connectivity index (χ4v) is 3.39. The van der Waals surface area contributed by atoms with Crippen molar-refractivity contribution in [1.82, 2.24) is 15.2 Å². The maximum Gasteiger partial charge on any atom is 0.0457 e. The van der Waals surface area contributed by atoms with Crippen LogP contribution in [-0.2, 0) is 0 Å². The first kappa shape index (κ1) is 20.3. The molecule has 2 heterocycles. The quantitative estimate of drug-likeness (QED) is 0.830. The molecule has 23 heavy (non-hydrogen) atoms. The van der Waals surface area contributed by atoms with Crippen LogP contribution in [0.25, 0.3) is 10.9 Å². The Bertz CT molecular complexity index is 576. The largest absolute Gasteiger partial charge is 0.361 e. The summed E-state index contributed by atoms with van der Waals surface area (Å²) in [6.45, 7) is 9.18. The summed E-state index contributed by atoms with van der Waals surface area (Å²) in [6, 6.07) is 9.24. The number of rotatable bonds is 5. The molecule has 2 N–H and O–H groups in total. The number of fused-ring (bicyclic) bond motifs is 1. The summed E-state index contributed by atoms with van der Waals surface area (Å²) in [5.74, 6) is 0.764. The monoisotopic (exact) mass is 357 g/mol. The van der Waals surface area contributed by atoms with E-state index in [1.165, 1.54) is 29.3 Å². The standard InChI is InChI=1S/C18H27N3.2ClH/c1-14(2)7-8-18(21-11-9-19-10-12-21)16-13-20-17-6-4-3-5-15(16)17;;/h3-6,13-14,18-20H,7-12H2,1-2H3;2*1H/t18-;;/m0../s1. The molecule has 1 aromatic heterocycles. The summed E-state index contributed by atoms with van der Waals surface area (Å²) >= 11 is 0. The van der Waals surface area contributed by atoms with Gasteiger partial charge in [-0.25, -0.2) is 0 Å². The summed E-state index contributed by atoms with van der Waals surface area (Å²) in [5, 5.41) is 4.86. The van der Waals surface area contributed by atoms with E-state index in [4.69, 9.17) is 0 Å². The van der Waals surface area contributed by atoms with Crippen LogP contribution in [0, 0.1) is 5.92 Å². The van der Waals surface area contributed by atoms with Crippen LogP contribution >= 0.6 is 24.8 Å². The highest BCUT2D eigenvalue weighted by Gasteiger charge is 2.24. The number of H-pyrrole nitrogens is 1. The molecule has 3 nitrogen and oxygen atoms in total. The second-order valence-corrected chi connectivity index (χ2v) is 6.56. The van der Waals surface area contributed by atoms with Gasteiger partial charge in [-0.3, -0.25) is 4.90 Å². The average Bonchev–Trinajstić information content (AvgIpc) is 2.93. The van der Waals surface area contributed by atoms with Gasteiger partial charge in [-0.15, -0.1) is 24.8 Å². The number of aromatic nitrogens is 1. The number of benzene rings is 1. The van der Waals surface area contributed by atoms with E-state index >= 15 is 0 Å². The SMILES string of the molecule is CC(C)CC[C@@H](c1c[nH]c2ccccc12)N1CCNCC1.Cl.Cl. The van der Waals surface area contributed by atoms with Crippen molar-refractivity contribution >= 4 is 35.7 Å². The summed E-state index contributed by atoms with van der Waals surface area (Å²) in [4.78, 5) is 6.11. The highest BCUT2D eigenvalue weighted by atomic mass is 35.5. The van der Waals surface area contributed by atoms with Crippen LogP contribution in [0.2, 0.25) is 0 Å². The zero-order valence-electron chi connectivity index (χ0n) is 14.0. The molecular formula is C18H29Cl2N3. The first-order chi connectivity index (χ1) is 10.3. The number of nitrogens with zero attached hydrogens (tertiary/aromatic N) is 1. The number of hydrogen-bond acceptors (Lipinski definition) is 2. The van der Waals surface area contributed by atoms with Crippen LogP contribution < -0.4 is 5.32 Å². The van der Waals surface area contributed by atoms with Gasteiger partial charge in [0.2, 0.25) is 0 Å². The highest BCUT2D eigenvalue weighted by molar-refractivity contribution is 5.85. The Morgan fingerprint density at radius 1 is 1.04 bits per heavy atom. The van der Waals surface area contributed by atoms with Gasteiger partial charge in [0.05, 0.1) is 0 Å². The molecule has 0 saturated carbocycles. The number of aromatic amines is 1. The molecule has 3 rings (SSSR count). The van der Waals surface area contributed by atoms with E-state index < -0.39 is 0 Å². The van der Waals surface area contributed by atoms with E-state index in [0.29, 0.717) is 6.04 Å². The van der Waals surface area contributed by atoms with Gasteiger partial charge in [-0.2, -0.15) is 0 Å². The van der Waals surface area contributed by atoms with E-state index in [9.17, 15) is 0 Å². The van der Waals surface area contributed by atoms with Crippen molar-refractivity contribution in [3.05, 3.63) is 36.0 Å². The smallest absolute Gasteiger partial charge is 0.0457 e. The molecule has 1 aliphatic heterocycles. The van der Waals surface area contributed by atoms with Gasteiger partial charge in [0, 0.05) is 49.3 Å². The van der Waals surface area contributed by atoms with Crippen LogP contribution in [-0.4, -0.2) is 36.1 Å². The Morgan fingerprint density at radius 2 is 1.74 bits per heavy atom. The number of hydrogen-bond donors (Lipinski definition) is 2. The normalized spacial score (nSPS) is 16.8. The van der Waals surface area contributed by atoms with Crippen molar-refractivity contribution < 1.29 is 0 Å². The third-order valence-corrected chi connectivity index (χ3v) is 4.59. The van der Waals surface area contributed by atoms with Crippen LogP contribution in [0.5, 0.6) is 0 Å². The van der Waals surface area contributed by atoms with Crippen molar-refractivity contribution in [2.24, 2.45) is 5.92 Å². The number of piperazine rings is 1. The lowest BCUT2D eigenvalue weighted by Gasteiger charge is -2.35. The Balaban J connectivity index is 0.00000132. The lowest BCUT2D eigenvalue weighted by Crippen LogP contribution is -2.45. The summed E-state index contributed by atoms with van der Waals surface area (Å²) in [5.41, 5.74) is 2.74. The molecule has 0 bridgehead atoms. The maximum atomic E-state index is 3.47. The molecule has 0 spiro atoms. The van der Waals surface area contributed by atoms with E-state index in [-0.39, 0.29) is 24.8 Å². The van der Waals surface area contributed by atoms with Crippen molar-refractivity contribution in [2.45, 2.75) is 32.7 Å². The van der Waals surface area contributed by atoms with Crippen LogP contribution in [0.4, 0.5) is 0 Å². The van der Waals surface area contributed by atoms with Crippen molar-refractivity contribution in [1.29, 1.82) is 0 Å². The third kappa shape index (κ3) is 4.87. The predicted molar refractivity (Wildman–Crippen MR) is 104 cm³/mol. The molecule has 1 atom stereocenters. The zero-order valence-corrected chi connectivity index (χ0v) is 15.7. The van der Waals surface area contributed by atoms with Gasteiger partial charge in [-0.1, -0.05) is 32.0 Å². The Morgan fingerprint density at radius 3 is 2.43 bits per heavy atom. The number of para-hydroxylation sites is 1. The summed E-state index contributed by atoms with van der Waals surface area (Å²) < 4.78 is 0. The first-order valence-electron chi connectivity index (χ1n) is 8.26. The zero-order chi connectivity index (χ0) is 14.7. The molecule has 1 saturated heterocycles. The predicted octanol–water partition coefficient (Wildman–Crippen LogP) is 4.39. The fraction of sp³-hybridized carbons (Fsp3) is 0.556. The molecule has 0 unspecified atom stereocenters. The maximum absolute atomic E-state index is 3.47. The number of halogens is 2. The van der Waals surface area contributed by atoms with Crippen molar-refractivity contribution in [2.75, 3.05) is 26.2 Å². The minimum absolute atomic E-state index is 0. The fourth-order valence-electron chi connectivity index (χ4n) is 3.39. The number of nitrogens with one attached hydrogen (secondary N) is 2. The van der Waals surface area contributed by atoms with Crippen LogP contribution in [0.15, 0.2) is 30.5 Å². The summed E-state index contributed by atoms with van der Waals surface area (Å²) in [7, 11) is 0. The van der Waals surface area contributed by atoms with Gasteiger partial charge in [0.25, 0.3) is 0 Å². The first-order valence-corrected chi connectivity index (χ1v) is 8.26. The molecule has 130 valence electrons. The molecule has 0 amide bonds. The average molecular weight is 358 g/mol. The molecule has 0 aliphatic carbocycles. The second-order valence-electron chi connectivity index (χ2n) is 6.56. The molecule has 5 heteroatoms. The van der Waals surface area contributed by atoms with Gasteiger partial charge < -0.3 is 10.3 Å². The van der Waals surface area contributed by atoms with E-state index in [1.54, 1.807) is 0 Å². The molecule has 1 fully saturated rings. The Labute approximate surface area is 152 Å². The van der Waals surface area contributed by atoms with E-state index in [1.807, 2.05) is 0 Å². The topological polar surface area (TPSA) is 31.1 Å². The van der Waals surface area contributed by atoms with Gasteiger partial charge in [0.1, 0.15) is 0 Å². The molecule has 2 aromatic rings. The van der Waals surface area contributed by atoms with Gasteiger partial charge in [0.15, 0.2) is 0 Å². The second kappa shape index (κ2) is 9.53. The van der Waals surface area contributed by atoms with E-state index in [0.717, 1.165) is 32.1 Å². The minimum Gasteiger partial charge on any atom is -0.361 e. The lowest BCUT2D eigenvalue weighted by molar-refractivity contribution is 0.161. The third-order valence-electron chi connectivity index (χ3n) is 4.59. The van der Waals surface area contributed by atoms with Crippen molar-refractivity contribution in [3.8, 4) is 0 Å². The Kier molecular flexibility index (Phi) is 8.41. The summed E-state index contributed by atoms with van der Waals surface area (Å²) in [6.07, 6.45) is 4.77. The van der Waals surface area contributed by atoms with E-state index in [2.05, 4.69) is 59.5 Å². The van der Waals surface area contributed by atoms with Crippen LogP contribution in [0.3, 0.4) is 0 Å². The van der Waals surface area contributed by atoms with Gasteiger partial charge >= 0.3 is 0 Å². The molecule has 1 aliphatic rings. The van der Waals surface area contributed by atoms with Crippen LogP contribution in [0.1, 0.15) is 38.3 Å². The molecular weight excluding hydrogens is 329 g/mol. The minimum atomic E-state index is 0. The Hall–Kier alpha value is -0.740. The highest BCUT2D eigenvalue weighted by Crippen LogP contribution is 2.32.